The lowest BCUT2D eigenvalue weighted by atomic mass is 9.76. The second kappa shape index (κ2) is 8.71. The first-order chi connectivity index (χ1) is 14.7. The van der Waals surface area contributed by atoms with Crippen molar-refractivity contribution < 1.29 is 23.6 Å². The molecule has 1 aromatic rings. The highest BCUT2D eigenvalue weighted by atomic mass is 16.7. The number of likely N-dealkylation sites (tertiary alicyclic amines) is 1. The van der Waals surface area contributed by atoms with Crippen LogP contribution in [0.2, 0.25) is 0 Å². The number of nitrogens with one attached hydrogen (secondary N) is 1. The smallest absolute Gasteiger partial charge is 0.444 e. The molecule has 0 spiro atoms. The second-order valence-corrected chi connectivity index (χ2v) is 10.9. The number of carbonyl (C=O) groups is 2. The van der Waals surface area contributed by atoms with Gasteiger partial charge in [0.05, 0.1) is 11.2 Å². The first-order valence-corrected chi connectivity index (χ1v) is 11.4. The van der Waals surface area contributed by atoms with Crippen LogP contribution in [0.15, 0.2) is 18.2 Å². The molecule has 0 radical (unpaired) electrons. The van der Waals surface area contributed by atoms with Crippen LogP contribution in [0.25, 0.3) is 0 Å². The fourth-order valence-corrected chi connectivity index (χ4v) is 3.88. The maximum Gasteiger partial charge on any atom is 0.495 e. The van der Waals surface area contributed by atoms with Gasteiger partial charge >= 0.3 is 13.2 Å². The van der Waals surface area contributed by atoms with Crippen molar-refractivity contribution in [1.82, 2.24) is 4.90 Å². The minimum atomic E-state index is -0.518. The first kappa shape index (κ1) is 24.6. The first-order valence-electron chi connectivity index (χ1n) is 11.4. The highest BCUT2D eigenvalue weighted by molar-refractivity contribution is 6.62. The van der Waals surface area contributed by atoms with Crippen molar-refractivity contribution >= 4 is 30.3 Å². The molecular formula is C24H37BN2O5. The maximum absolute atomic E-state index is 12.8. The maximum atomic E-state index is 12.8. The van der Waals surface area contributed by atoms with Gasteiger partial charge in [0.15, 0.2) is 0 Å². The Labute approximate surface area is 192 Å². The molecule has 32 heavy (non-hydrogen) atoms. The monoisotopic (exact) mass is 444 g/mol. The highest BCUT2D eigenvalue weighted by Crippen LogP contribution is 2.36. The van der Waals surface area contributed by atoms with Crippen LogP contribution in [0.1, 0.15) is 66.9 Å². The number of aryl methyl sites for hydroxylation is 1. The van der Waals surface area contributed by atoms with Gasteiger partial charge in [0.2, 0.25) is 5.91 Å². The third-order valence-electron chi connectivity index (χ3n) is 6.56. The Morgan fingerprint density at radius 2 is 1.66 bits per heavy atom. The van der Waals surface area contributed by atoms with Gasteiger partial charge in [-0.2, -0.15) is 0 Å². The molecule has 3 rings (SSSR count). The molecule has 0 aromatic heterocycles. The number of hydrogen-bond donors (Lipinski definition) is 1. The van der Waals surface area contributed by atoms with Crippen molar-refractivity contribution in [3.05, 3.63) is 23.8 Å². The Bertz CT molecular complexity index is 854. The van der Waals surface area contributed by atoms with Crippen LogP contribution in [-0.2, 0) is 18.8 Å². The summed E-state index contributed by atoms with van der Waals surface area (Å²) in [5.41, 5.74) is 1.40. The Hall–Kier alpha value is -2.06. The molecule has 176 valence electrons. The van der Waals surface area contributed by atoms with E-state index in [0.29, 0.717) is 25.9 Å². The van der Waals surface area contributed by atoms with Crippen molar-refractivity contribution in [1.29, 1.82) is 0 Å². The number of rotatable bonds is 3. The highest BCUT2D eigenvalue weighted by Gasteiger charge is 2.52. The molecule has 2 amide bonds. The van der Waals surface area contributed by atoms with Gasteiger partial charge in [-0.25, -0.2) is 4.79 Å². The van der Waals surface area contributed by atoms with E-state index in [2.05, 4.69) is 5.32 Å². The van der Waals surface area contributed by atoms with Gasteiger partial charge in [-0.1, -0.05) is 6.07 Å². The van der Waals surface area contributed by atoms with Crippen molar-refractivity contribution in [3.8, 4) is 0 Å². The van der Waals surface area contributed by atoms with E-state index in [1.54, 1.807) is 4.90 Å². The van der Waals surface area contributed by atoms with Crippen molar-refractivity contribution in [2.75, 3.05) is 18.4 Å². The van der Waals surface area contributed by atoms with E-state index in [9.17, 15) is 9.59 Å². The molecule has 0 aliphatic carbocycles. The number of nitrogens with zero attached hydrogens (tertiary/aromatic N) is 1. The van der Waals surface area contributed by atoms with Crippen LogP contribution in [-0.4, -0.2) is 53.9 Å². The van der Waals surface area contributed by atoms with E-state index >= 15 is 0 Å². The van der Waals surface area contributed by atoms with Gasteiger partial charge in [-0.3, -0.25) is 4.79 Å². The fourth-order valence-electron chi connectivity index (χ4n) is 3.88. The van der Waals surface area contributed by atoms with Crippen LogP contribution in [0, 0.1) is 12.8 Å². The molecule has 0 saturated carbocycles. The Balaban J connectivity index is 1.57. The quantitative estimate of drug-likeness (QED) is 0.717. The molecule has 8 heteroatoms. The van der Waals surface area contributed by atoms with Crippen molar-refractivity contribution in [2.24, 2.45) is 5.92 Å². The van der Waals surface area contributed by atoms with E-state index < -0.39 is 23.9 Å². The largest absolute Gasteiger partial charge is 0.495 e. The van der Waals surface area contributed by atoms with E-state index in [1.165, 1.54) is 0 Å². The van der Waals surface area contributed by atoms with Gasteiger partial charge < -0.3 is 24.3 Å². The molecule has 2 aliphatic heterocycles. The lowest BCUT2D eigenvalue weighted by Crippen LogP contribution is -2.43. The number of hydrogen-bond acceptors (Lipinski definition) is 5. The zero-order valence-corrected chi connectivity index (χ0v) is 20.7. The Morgan fingerprint density at radius 1 is 1.09 bits per heavy atom. The third kappa shape index (κ3) is 5.46. The zero-order valence-electron chi connectivity index (χ0n) is 20.7. The summed E-state index contributed by atoms with van der Waals surface area (Å²) in [6, 6.07) is 5.80. The summed E-state index contributed by atoms with van der Waals surface area (Å²) < 4.78 is 17.7. The number of ether oxygens (including phenoxy) is 1. The molecule has 1 N–H and O–H groups in total. The molecule has 2 saturated heterocycles. The van der Waals surface area contributed by atoms with Gasteiger partial charge in [-0.15, -0.1) is 0 Å². The molecule has 0 bridgehead atoms. The molecule has 2 aliphatic rings. The van der Waals surface area contributed by atoms with Gasteiger partial charge in [-0.05, 0) is 91.4 Å². The van der Waals surface area contributed by atoms with Crippen LogP contribution in [0.3, 0.4) is 0 Å². The van der Waals surface area contributed by atoms with Crippen molar-refractivity contribution in [3.63, 3.8) is 0 Å². The molecule has 0 unspecified atom stereocenters. The Kier molecular flexibility index (Phi) is 6.69. The third-order valence-corrected chi connectivity index (χ3v) is 6.56. The minimum Gasteiger partial charge on any atom is -0.444 e. The van der Waals surface area contributed by atoms with E-state index in [1.807, 2.05) is 73.6 Å². The average Bonchev–Trinajstić information content (AvgIpc) is 2.87. The fraction of sp³-hybridized carbons (Fsp3) is 0.667. The number of amides is 2. The standard InChI is InChI=1S/C24H37BN2O5/c1-16-15-18(9-10-19(16)25-31-23(5,6)24(7,8)32-25)26-20(28)17-11-13-27(14-12-17)21(29)30-22(2,3)4/h9-10,15,17H,11-14H2,1-8H3,(H,26,28). The predicted molar refractivity (Wildman–Crippen MR) is 126 cm³/mol. The zero-order chi connectivity index (χ0) is 23.9. The topological polar surface area (TPSA) is 77.1 Å². The summed E-state index contributed by atoms with van der Waals surface area (Å²) in [6.07, 6.45) is 0.928. The molecular weight excluding hydrogens is 407 g/mol. The van der Waals surface area contributed by atoms with E-state index in [0.717, 1.165) is 16.7 Å². The summed E-state index contributed by atoms with van der Waals surface area (Å²) >= 11 is 0. The summed E-state index contributed by atoms with van der Waals surface area (Å²) in [7, 11) is -0.429. The summed E-state index contributed by atoms with van der Waals surface area (Å²) in [4.78, 5) is 26.7. The van der Waals surface area contributed by atoms with Crippen LogP contribution >= 0.6 is 0 Å². The molecule has 0 atom stereocenters. The van der Waals surface area contributed by atoms with Crippen molar-refractivity contribution in [2.45, 2.75) is 85.0 Å². The van der Waals surface area contributed by atoms with Crippen LogP contribution in [0.5, 0.6) is 0 Å². The normalized spacial score (nSPS) is 20.9. The van der Waals surface area contributed by atoms with Crippen LogP contribution in [0.4, 0.5) is 10.5 Å². The van der Waals surface area contributed by atoms with Crippen LogP contribution < -0.4 is 10.8 Å². The molecule has 2 heterocycles. The lowest BCUT2D eigenvalue weighted by Gasteiger charge is -2.33. The average molecular weight is 444 g/mol. The summed E-state index contributed by atoms with van der Waals surface area (Å²) in [5, 5.41) is 3.03. The summed E-state index contributed by atoms with van der Waals surface area (Å²) in [5.74, 6) is -0.145. The van der Waals surface area contributed by atoms with Gasteiger partial charge in [0, 0.05) is 24.7 Å². The molecule has 7 nitrogen and oxygen atoms in total. The minimum absolute atomic E-state index is 0.0170. The number of benzene rings is 1. The molecule has 1 aromatic carbocycles. The number of carbonyl (C=O) groups excluding carboxylic acids is 2. The number of piperidine rings is 1. The van der Waals surface area contributed by atoms with E-state index in [4.69, 9.17) is 14.0 Å². The Morgan fingerprint density at radius 3 is 2.16 bits per heavy atom. The SMILES string of the molecule is Cc1cc(NC(=O)C2CCN(C(=O)OC(C)(C)C)CC2)ccc1B1OC(C)(C)C(C)(C)O1. The predicted octanol–water partition coefficient (Wildman–Crippen LogP) is 3.88. The summed E-state index contributed by atoms with van der Waals surface area (Å²) in [6.45, 7) is 16.7. The number of anilines is 1. The second-order valence-electron chi connectivity index (χ2n) is 10.9. The van der Waals surface area contributed by atoms with E-state index in [-0.39, 0.29) is 17.9 Å². The van der Waals surface area contributed by atoms with Gasteiger partial charge in [0.1, 0.15) is 5.60 Å². The lowest BCUT2D eigenvalue weighted by molar-refractivity contribution is -0.121. The molecule has 2 fully saturated rings. The van der Waals surface area contributed by atoms with Gasteiger partial charge in [0.25, 0.3) is 0 Å².